The van der Waals surface area contributed by atoms with Crippen molar-refractivity contribution in [3.63, 3.8) is 0 Å². The molecule has 0 amide bonds. The molecule has 5 heteroatoms. The van der Waals surface area contributed by atoms with Gasteiger partial charge in [-0.05, 0) is 19.1 Å². The van der Waals surface area contributed by atoms with E-state index < -0.39 is 5.97 Å². The molecule has 16 heavy (non-hydrogen) atoms. The van der Waals surface area contributed by atoms with Gasteiger partial charge in [-0.3, -0.25) is 0 Å². The monoisotopic (exact) mass is 215 g/mol. The molecule has 2 heterocycles. The van der Waals surface area contributed by atoms with Crippen molar-refractivity contribution in [1.82, 2.24) is 9.97 Å². The Bertz CT molecular complexity index is 580. The van der Waals surface area contributed by atoms with Crippen LogP contribution in [-0.2, 0) is 4.74 Å². The maximum Gasteiger partial charge on any atom is 0.356 e. The highest BCUT2D eigenvalue weighted by atomic mass is 16.5. The lowest BCUT2D eigenvalue weighted by Crippen LogP contribution is -2.07. The molecule has 0 aliphatic carbocycles. The predicted molar refractivity (Wildman–Crippen MR) is 56.8 cm³/mol. The third kappa shape index (κ3) is 1.61. The SMILES string of the molecule is CCOC(=O)c1cc2cc[nH]c2c(C#N)n1. The number of fused-ring (bicyclic) bond motifs is 1. The van der Waals surface area contributed by atoms with Gasteiger partial charge in [0.2, 0.25) is 0 Å². The number of carbonyl (C=O) groups is 1. The number of nitrogens with one attached hydrogen (secondary N) is 1. The van der Waals surface area contributed by atoms with E-state index in [-0.39, 0.29) is 18.0 Å². The first-order valence-electron chi connectivity index (χ1n) is 4.81. The van der Waals surface area contributed by atoms with Crippen molar-refractivity contribution < 1.29 is 9.53 Å². The maximum absolute atomic E-state index is 11.5. The number of hydrogen-bond donors (Lipinski definition) is 1. The summed E-state index contributed by atoms with van der Waals surface area (Å²) in [4.78, 5) is 18.3. The van der Waals surface area contributed by atoms with Gasteiger partial charge in [0, 0.05) is 11.6 Å². The summed E-state index contributed by atoms with van der Waals surface area (Å²) in [5.41, 5.74) is 0.992. The first-order chi connectivity index (χ1) is 7.76. The minimum absolute atomic E-state index is 0.158. The van der Waals surface area contributed by atoms with Crippen LogP contribution in [0.25, 0.3) is 10.9 Å². The highest BCUT2D eigenvalue weighted by molar-refractivity contribution is 5.94. The molecule has 2 rings (SSSR count). The summed E-state index contributed by atoms with van der Waals surface area (Å²) >= 11 is 0. The van der Waals surface area contributed by atoms with Crippen LogP contribution in [0.5, 0.6) is 0 Å². The van der Waals surface area contributed by atoms with Crippen LogP contribution in [0.15, 0.2) is 18.3 Å². The van der Waals surface area contributed by atoms with E-state index in [9.17, 15) is 4.79 Å². The van der Waals surface area contributed by atoms with Crippen LogP contribution < -0.4 is 0 Å². The van der Waals surface area contributed by atoms with E-state index in [0.29, 0.717) is 5.52 Å². The second-order valence-corrected chi connectivity index (χ2v) is 3.13. The molecule has 0 radical (unpaired) electrons. The average molecular weight is 215 g/mol. The van der Waals surface area contributed by atoms with Gasteiger partial charge in [0.1, 0.15) is 6.07 Å². The van der Waals surface area contributed by atoms with Gasteiger partial charge in [0.05, 0.1) is 12.1 Å². The van der Waals surface area contributed by atoms with Crippen molar-refractivity contribution in [1.29, 1.82) is 5.26 Å². The zero-order chi connectivity index (χ0) is 11.5. The van der Waals surface area contributed by atoms with E-state index >= 15 is 0 Å². The highest BCUT2D eigenvalue weighted by Crippen LogP contribution is 2.16. The molecule has 0 aliphatic heterocycles. The Labute approximate surface area is 91.7 Å². The number of esters is 1. The topological polar surface area (TPSA) is 78.8 Å². The zero-order valence-electron chi connectivity index (χ0n) is 8.65. The number of H-pyrrole nitrogens is 1. The molecule has 0 bridgehead atoms. The fraction of sp³-hybridized carbons (Fsp3) is 0.182. The van der Waals surface area contributed by atoms with Crippen LogP contribution in [0.3, 0.4) is 0 Å². The van der Waals surface area contributed by atoms with Crippen LogP contribution in [0.4, 0.5) is 0 Å². The summed E-state index contributed by atoms with van der Waals surface area (Å²) in [5, 5.41) is 9.68. The summed E-state index contributed by atoms with van der Waals surface area (Å²) in [6.07, 6.45) is 1.70. The van der Waals surface area contributed by atoms with Gasteiger partial charge in [0.15, 0.2) is 11.4 Å². The lowest BCUT2D eigenvalue weighted by molar-refractivity contribution is 0.0519. The Morgan fingerprint density at radius 2 is 2.50 bits per heavy atom. The van der Waals surface area contributed by atoms with E-state index in [1.54, 1.807) is 25.3 Å². The summed E-state index contributed by atoms with van der Waals surface area (Å²) in [7, 11) is 0. The fourth-order valence-electron chi connectivity index (χ4n) is 1.45. The Hall–Kier alpha value is -2.35. The quantitative estimate of drug-likeness (QED) is 0.772. The third-order valence-corrected chi connectivity index (χ3v) is 2.13. The Morgan fingerprint density at radius 1 is 1.69 bits per heavy atom. The van der Waals surface area contributed by atoms with E-state index in [1.807, 2.05) is 6.07 Å². The molecule has 0 saturated carbocycles. The lowest BCUT2D eigenvalue weighted by Gasteiger charge is -2.01. The third-order valence-electron chi connectivity index (χ3n) is 2.13. The summed E-state index contributed by atoms with van der Waals surface area (Å²) in [5.74, 6) is -0.512. The van der Waals surface area contributed by atoms with E-state index in [1.165, 1.54) is 0 Å². The average Bonchev–Trinajstić information content (AvgIpc) is 2.75. The van der Waals surface area contributed by atoms with Crippen molar-refractivity contribution in [3.8, 4) is 6.07 Å². The minimum Gasteiger partial charge on any atom is -0.461 e. The number of hydrogen-bond acceptors (Lipinski definition) is 4. The number of aromatic amines is 1. The fourth-order valence-corrected chi connectivity index (χ4v) is 1.45. The van der Waals surface area contributed by atoms with Crippen LogP contribution in [0.2, 0.25) is 0 Å². The summed E-state index contributed by atoms with van der Waals surface area (Å²) in [6.45, 7) is 2.01. The standard InChI is InChI=1S/C11H9N3O2/c1-2-16-11(15)8-5-7-3-4-13-10(7)9(6-12)14-8/h3-5,13H,2H2,1H3. The molecule has 1 N–H and O–H groups in total. The van der Waals surface area contributed by atoms with Crippen molar-refractivity contribution in [2.24, 2.45) is 0 Å². The van der Waals surface area contributed by atoms with E-state index in [0.717, 1.165) is 5.39 Å². The van der Waals surface area contributed by atoms with Crippen molar-refractivity contribution in [3.05, 3.63) is 29.7 Å². The number of nitriles is 1. The zero-order valence-corrected chi connectivity index (χ0v) is 8.65. The largest absolute Gasteiger partial charge is 0.461 e. The molecule has 0 atom stereocenters. The number of ether oxygens (including phenoxy) is 1. The van der Waals surface area contributed by atoms with Gasteiger partial charge in [-0.1, -0.05) is 0 Å². The second-order valence-electron chi connectivity index (χ2n) is 3.13. The van der Waals surface area contributed by atoms with Gasteiger partial charge in [-0.25, -0.2) is 9.78 Å². The molecular weight excluding hydrogens is 206 g/mol. The van der Waals surface area contributed by atoms with Gasteiger partial charge in [-0.15, -0.1) is 0 Å². The van der Waals surface area contributed by atoms with Gasteiger partial charge >= 0.3 is 5.97 Å². The molecule has 0 spiro atoms. The molecule has 5 nitrogen and oxygen atoms in total. The van der Waals surface area contributed by atoms with Gasteiger partial charge < -0.3 is 9.72 Å². The smallest absolute Gasteiger partial charge is 0.356 e. The van der Waals surface area contributed by atoms with Crippen LogP contribution >= 0.6 is 0 Å². The van der Waals surface area contributed by atoms with E-state index in [2.05, 4.69) is 9.97 Å². The van der Waals surface area contributed by atoms with Crippen LogP contribution in [0.1, 0.15) is 23.1 Å². The molecular formula is C11H9N3O2. The summed E-state index contributed by atoms with van der Waals surface area (Å²) < 4.78 is 4.83. The second kappa shape index (κ2) is 4.03. The lowest BCUT2D eigenvalue weighted by atomic mass is 10.2. The molecule has 0 fully saturated rings. The number of carbonyl (C=O) groups excluding carboxylic acids is 1. The summed E-state index contributed by atoms with van der Waals surface area (Å²) in [6, 6.07) is 5.32. The first-order valence-corrected chi connectivity index (χ1v) is 4.81. The molecule has 2 aromatic rings. The predicted octanol–water partition coefficient (Wildman–Crippen LogP) is 1.61. The van der Waals surface area contributed by atoms with Crippen LogP contribution in [0, 0.1) is 11.3 Å². The van der Waals surface area contributed by atoms with Crippen molar-refractivity contribution >= 4 is 16.9 Å². The van der Waals surface area contributed by atoms with E-state index in [4.69, 9.17) is 10.00 Å². The Kier molecular flexibility index (Phi) is 2.56. The molecule has 0 aliphatic rings. The number of nitrogens with zero attached hydrogens (tertiary/aromatic N) is 2. The molecule has 2 aromatic heterocycles. The number of rotatable bonds is 2. The minimum atomic E-state index is -0.512. The van der Waals surface area contributed by atoms with Crippen molar-refractivity contribution in [2.45, 2.75) is 6.92 Å². The molecule has 0 aromatic carbocycles. The molecule has 0 saturated heterocycles. The first kappa shape index (κ1) is 10.2. The van der Waals surface area contributed by atoms with Crippen LogP contribution in [-0.4, -0.2) is 22.5 Å². The van der Waals surface area contributed by atoms with Crippen molar-refractivity contribution in [2.75, 3.05) is 6.61 Å². The van der Waals surface area contributed by atoms with Gasteiger partial charge in [0.25, 0.3) is 0 Å². The molecule has 80 valence electrons. The number of pyridine rings is 1. The number of aromatic nitrogens is 2. The molecule has 0 unspecified atom stereocenters. The van der Waals surface area contributed by atoms with Gasteiger partial charge in [-0.2, -0.15) is 5.26 Å². The Morgan fingerprint density at radius 3 is 3.19 bits per heavy atom. The Balaban J connectivity index is 2.56. The highest BCUT2D eigenvalue weighted by Gasteiger charge is 2.13. The maximum atomic E-state index is 11.5. The normalized spacial score (nSPS) is 10.0.